The first-order valence-electron chi connectivity index (χ1n) is 5.10. The van der Waals surface area contributed by atoms with Crippen LogP contribution in [0.15, 0.2) is 0 Å². The summed E-state index contributed by atoms with van der Waals surface area (Å²) in [6, 6.07) is -1.06. The Morgan fingerprint density at radius 1 is 1.18 bits per heavy atom. The number of amides is 1. The van der Waals surface area contributed by atoms with Crippen LogP contribution in [0.4, 0.5) is 0 Å². The van der Waals surface area contributed by atoms with E-state index in [0.717, 1.165) is 11.8 Å². The van der Waals surface area contributed by atoms with Gasteiger partial charge in [-0.15, -0.1) is 11.8 Å². The fourth-order valence-corrected chi connectivity index (χ4v) is 2.32. The predicted octanol–water partition coefficient (Wildman–Crippen LogP) is 0.418. The molecule has 0 heterocycles. The van der Waals surface area contributed by atoms with Gasteiger partial charge in [0.15, 0.2) is 0 Å². The van der Waals surface area contributed by atoms with Gasteiger partial charge in [-0.1, -0.05) is 13.8 Å². The van der Waals surface area contributed by atoms with Crippen LogP contribution in [-0.2, 0) is 14.4 Å². The van der Waals surface area contributed by atoms with E-state index >= 15 is 0 Å². The Labute approximate surface area is 104 Å². The Bertz CT molecular complexity index is 305. The first-order chi connectivity index (χ1) is 7.75. The molecule has 0 saturated carbocycles. The van der Waals surface area contributed by atoms with Crippen molar-refractivity contribution in [3.05, 3.63) is 0 Å². The Morgan fingerprint density at radius 3 is 2.00 bits per heavy atom. The number of carboxylic acids is 2. The zero-order valence-electron chi connectivity index (χ0n) is 9.97. The molecule has 7 heteroatoms. The second-order valence-electron chi connectivity index (χ2n) is 3.93. The van der Waals surface area contributed by atoms with Gasteiger partial charge >= 0.3 is 11.9 Å². The van der Waals surface area contributed by atoms with Crippen molar-refractivity contribution >= 4 is 29.6 Å². The highest BCUT2D eigenvalue weighted by molar-refractivity contribution is 8.00. The molecule has 0 rings (SSSR count). The van der Waals surface area contributed by atoms with Crippen LogP contribution >= 0.6 is 11.8 Å². The Kier molecular flexibility index (Phi) is 6.64. The number of hydrogen-bond acceptors (Lipinski definition) is 4. The normalized spacial score (nSPS) is 14.1. The van der Waals surface area contributed by atoms with Crippen molar-refractivity contribution in [2.75, 3.05) is 5.75 Å². The smallest absolute Gasteiger partial charge is 0.327 e. The van der Waals surface area contributed by atoms with E-state index in [1.165, 1.54) is 6.92 Å². The van der Waals surface area contributed by atoms with Crippen LogP contribution in [0.5, 0.6) is 0 Å². The Morgan fingerprint density at radius 2 is 1.71 bits per heavy atom. The number of rotatable bonds is 7. The molecule has 0 bridgehead atoms. The van der Waals surface area contributed by atoms with Crippen LogP contribution in [-0.4, -0.2) is 45.1 Å². The maximum atomic E-state index is 10.9. The molecule has 0 aliphatic rings. The minimum atomic E-state index is -1.17. The summed E-state index contributed by atoms with van der Waals surface area (Å²) in [5.74, 6) is -2.67. The summed E-state index contributed by atoms with van der Waals surface area (Å²) in [6.45, 7) is 4.72. The van der Waals surface area contributed by atoms with E-state index in [1.54, 1.807) is 13.8 Å². The third kappa shape index (κ3) is 6.15. The molecule has 0 aliphatic carbocycles. The number of nitrogens with one attached hydrogen (secondary N) is 1. The highest BCUT2D eigenvalue weighted by atomic mass is 32.2. The number of aliphatic carboxylic acids is 2. The fourth-order valence-electron chi connectivity index (χ4n) is 1.17. The summed E-state index contributed by atoms with van der Waals surface area (Å²) >= 11 is 1.02. The van der Waals surface area contributed by atoms with Crippen molar-refractivity contribution in [3.8, 4) is 0 Å². The van der Waals surface area contributed by atoms with Gasteiger partial charge in [0.1, 0.15) is 11.3 Å². The standard InChI is InChI=1S/C10H17NO5S/c1-5(2)8(10(15)16)17-4-7(9(13)14)11-6(3)12/h5,7-8H,4H2,1-3H3,(H,11,12)(H,13,14)(H,15,16). The molecule has 0 saturated heterocycles. The number of hydrogen-bond donors (Lipinski definition) is 3. The van der Waals surface area contributed by atoms with Crippen LogP contribution in [0.3, 0.4) is 0 Å². The molecule has 0 radical (unpaired) electrons. The van der Waals surface area contributed by atoms with Gasteiger partial charge in [-0.25, -0.2) is 4.79 Å². The summed E-state index contributed by atoms with van der Waals surface area (Å²) in [7, 11) is 0. The number of carboxylic acid groups (broad SMARTS) is 2. The Balaban J connectivity index is 4.42. The minimum absolute atomic E-state index is 0.0318. The lowest BCUT2D eigenvalue weighted by Gasteiger charge is -2.18. The molecule has 0 aromatic heterocycles. The van der Waals surface area contributed by atoms with Crippen molar-refractivity contribution < 1.29 is 24.6 Å². The molecule has 1 amide bonds. The van der Waals surface area contributed by atoms with Crippen molar-refractivity contribution in [1.82, 2.24) is 5.32 Å². The van der Waals surface area contributed by atoms with Gasteiger partial charge in [-0.2, -0.15) is 0 Å². The van der Waals surface area contributed by atoms with Crippen molar-refractivity contribution in [2.45, 2.75) is 32.1 Å². The lowest BCUT2D eigenvalue weighted by atomic mass is 10.1. The summed E-state index contributed by atoms with van der Waals surface area (Å²) in [4.78, 5) is 32.5. The summed E-state index contributed by atoms with van der Waals surface area (Å²) in [6.07, 6.45) is 0. The van der Waals surface area contributed by atoms with E-state index in [9.17, 15) is 14.4 Å². The zero-order chi connectivity index (χ0) is 13.6. The SMILES string of the molecule is CC(=O)NC(CSC(C(=O)O)C(C)C)C(=O)O. The monoisotopic (exact) mass is 263 g/mol. The van der Waals surface area contributed by atoms with E-state index in [4.69, 9.17) is 10.2 Å². The maximum Gasteiger partial charge on any atom is 0.327 e. The average Bonchev–Trinajstić information content (AvgIpc) is 2.14. The molecule has 3 N–H and O–H groups in total. The molecule has 17 heavy (non-hydrogen) atoms. The van der Waals surface area contributed by atoms with E-state index in [-0.39, 0.29) is 11.7 Å². The van der Waals surface area contributed by atoms with Gasteiger partial charge in [0, 0.05) is 12.7 Å². The topological polar surface area (TPSA) is 104 Å². The van der Waals surface area contributed by atoms with Crippen LogP contribution in [0.2, 0.25) is 0 Å². The lowest BCUT2D eigenvalue weighted by Crippen LogP contribution is -2.42. The highest BCUT2D eigenvalue weighted by Gasteiger charge is 2.26. The van der Waals surface area contributed by atoms with Crippen LogP contribution in [0.1, 0.15) is 20.8 Å². The maximum absolute atomic E-state index is 10.9. The molecule has 6 nitrogen and oxygen atoms in total. The second-order valence-corrected chi connectivity index (χ2v) is 5.10. The van der Waals surface area contributed by atoms with Gasteiger partial charge in [0.05, 0.1) is 0 Å². The van der Waals surface area contributed by atoms with E-state index in [1.807, 2.05) is 0 Å². The molecular weight excluding hydrogens is 246 g/mol. The largest absolute Gasteiger partial charge is 0.480 e. The lowest BCUT2D eigenvalue weighted by molar-refractivity contribution is -0.141. The first-order valence-corrected chi connectivity index (χ1v) is 6.15. The van der Waals surface area contributed by atoms with Gasteiger partial charge < -0.3 is 15.5 Å². The predicted molar refractivity (Wildman–Crippen MR) is 64.0 cm³/mol. The molecule has 0 aromatic carbocycles. The van der Waals surface area contributed by atoms with Gasteiger partial charge in [0.25, 0.3) is 0 Å². The summed E-state index contributed by atoms with van der Waals surface area (Å²) < 4.78 is 0. The van der Waals surface area contributed by atoms with Crippen LogP contribution in [0, 0.1) is 5.92 Å². The molecule has 0 fully saturated rings. The molecular formula is C10H17NO5S. The zero-order valence-corrected chi connectivity index (χ0v) is 10.8. The summed E-state index contributed by atoms with van der Waals surface area (Å²) in [5, 5.41) is 19.3. The van der Waals surface area contributed by atoms with E-state index < -0.39 is 29.1 Å². The Hall–Kier alpha value is -1.24. The molecule has 0 aliphatic heterocycles. The minimum Gasteiger partial charge on any atom is -0.480 e. The van der Waals surface area contributed by atoms with E-state index in [0.29, 0.717) is 0 Å². The highest BCUT2D eigenvalue weighted by Crippen LogP contribution is 2.20. The second kappa shape index (κ2) is 7.16. The quantitative estimate of drug-likeness (QED) is 0.615. The van der Waals surface area contributed by atoms with Gasteiger partial charge in [-0.3, -0.25) is 9.59 Å². The third-order valence-corrected chi connectivity index (χ3v) is 3.60. The molecule has 0 aromatic rings. The van der Waals surface area contributed by atoms with Gasteiger partial charge in [0.2, 0.25) is 5.91 Å². The van der Waals surface area contributed by atoms with Crippen LogP contribution < -0.4 is 5.32 Å². The molecule has 98 valence electrons. The number of carbonyl (C=O) groups excluding carboxylic acids is 1. The number of thioether (sulfide) groups is 1. The van der Waals surface area contributed by atoms with Gasteiger partial charge in [-0.05, 0) is 5.92 Å². The van der Waals surface area contributed by atoms with Crippen molar-refractivity contribution in [2.24, 2.45) is 5.92 Å². The third-order valence-electron chi connectivity index (χ3n) is 1.97. The molecule has 2 unspecified atom stereocenters. The number of carbonyl (C=O) groups is 3. The molecule has 0 spiro atoms. The average molecular weight is 263 g/mol. The molecule has 2 atom stereocenters. The summed E-state index contributed by atoms with van der Waals surface area (Å²) in [5.41, 5.74) is 0. The van der Waals surface area contributed by atoms with Crippen molar-refractivity contribution in [3.63, 3.8) is 0 Å². The van der Waals surface area contributed by atoms with Crippen LogP contribution in [0.25, 0.3) is 0 Å². The fraction of sp³-hybridized carbons (Fsp3) is 0.700. The van der Waals surface area contributed by atoms with Crippen molar-refractivity contribution in [1.29, 1.82) is 0 Å². The van der Waals surface area contributed by atoms with E-state index in [2.05, 4.69) is 5.32 Å². The first kappa shape index (κ1) is 15.8.